The molecule has 3 aliphatic rings. The molecule has 16 heavy (non-hydrogen) atoms. The molecule has 0 radical (unpaired) electrons. The third-order valence-corrected chi connectivity index (χ3v) is 3.87. The first kappa shape index (κ1) is 9.76. The van der Waals surface area contributed by atoms with Crippen molar-refractivity contribution in [3.05, 3.63) is 35.5 Å². The minimum atomic E-state index is 0.0225. The lowest BCUT2D eigenvalue weighted by molar-refractivity contribution is -0.119. The first-order chi connectivity index (χ1) is 7.77. The number of carbonyl (C=O) groups excluding carboxylic acids is 2. The molecule has 0 fully saturated rings. The molecule has 2 unspecified atom stereocenters. The summed E-state index contributed by atoms with van der Waals surface area (Å²) in [5.41, 5.74) is 2.18. The molecule has 2 nitrogen and oxygen atoms in total. The number of ketones is 2. The van der Waals surface area contributed by atoms with E-state index in [4.69, 9.17) is 0 Å². The summed E-state index contributed by atoms with van der Waals surface area (Å²) in [5, 5.41) is 0. The van der Waals surface area contributed by atoms with Crippen LogP contribution in [0.2, 0.25) is 0 Å². The van der Waals surface area contributed by atoms with E-state index in [0.29, 0.717) is 0 Å². The van der Waals surface area contributed by atoms with Crippen molar-refractivity contribution in [1.82, 2.24) is 0 Å². The highest BCUT2D eigenvalue weighted by atomic mass is 16.1. The maximum absolute atomic E-state index is 11.9. The van der Waals surface area contributed by atoms with E-state index in [-0.39, 0.29) is 23.4 Å². The third-order valence-electron chi connectivity index (χ3n) is 3.87. The molecule has 3 aliphatic carbocycles. The molecule has 0 aromatic rings. The molecule has 0 spiro atoms. The molecule has 0 bridgehead atoms. The SMILES string of the molecule is O=C1C=CC(=O)C2CCC=C3CCC=C1C32. The molecule has 0 aromatic carbocycles. The van der Waals surface area contributed by atoms with Gasteiger partial charge in [0.2, 0.25) is 0 Å². The predicted molar refractivity (Wildman–Crippen MR) is 60.8 cm³/mol. The average molecular weight is 214 g/mol. The highest BCUT2D eigenvalue weighted by Gasteiger charge is 2.39. The van der Waals surface area contributed by atoms with E-state index in [1.165, 1.54) is 17.7 Å². The summed E-state index contributed by atoms with van der Waals surface area (Å²) in [4.78, 5) is 23.8. The van der Waals surface area contributed by atoms with E-state index >= 15 is 0 Å². The molecule has 0 N–H and O–H groups in total. The van der Waals surface area contributed by atoms with Crippen LogP contribution in [0.3, 0.4) is 0 Å². The van der Waals surface area contributed by atoms with Gasteiger partial charge in [-0.25, -0.2) is 0 Å². The molecule has 0 saturated carbocycles. The van der Waals surface area contributed by atoms with Gasteiger partial charge in [0.1, 0.15) is 0 Å². The van der Waals surface area contributed by atoms with Crippen LogP contribution in [-0.2, 0) is 9.59 Å². The van der Waals surface area contributed by atoms with E-state index in [9.17, 15) is 9.59 Å². The summed E-state index contributed by atoms with van der Waals surface area (Å²) < 4.78 is 0. The Morgan fingerprint density at radius 1 is 1.06 bits per heavy atom. The smallest absolute Gasteiger partial charge is 0.182 e. The van der Waals surface area contributed by atoms with Crippen LogP contribution in [0.5, 0.6) is 0 Å². The fourth-order valence-electron chi connectivity index (χ4n) is 3.13. The number of rotatable bonds is 0. The maximum Gasteiger partial charge on any atom is 0.182 e. The largest absolute Gasteiger partial charge is 0.295 e. The van der Waals surface area contributed by atoms with Crippen molar-refractivity contribution >= 4 is 11.6 Å². The number of hydrogen-bond donors (Lipinski definition) is 0. The van der Waals surface area contributed by atoms with Crippen molar-refractivity contribution in [1.29, 1.82) is 0 Å². The molecule has 0 saturated heterocycles. The summed E-state index contributed by atoms with van der Waals surface area (Å²) in [5.74, 6) is 0.286. The van der Waals surface area contributed by atoms with Crippen LogP contribution in [0.4, 0.5) is 0 Å². The molecule has 3 rings (SSSR count). The van der Waals surface area contributed by atoms with E-state index in [2.05, 4.69) is 6.08 Å². The lowest BCUT2D eigenvalue weighted by Crippen LogP contribution is -2.30. The van der Waals surface area contributed by atoms with Crippen LogP contribution in [0.1, 0.15) is 25.7 Å². The molecule has 0 heterocycles. The number of hydrogen-bond acceptors (Lipinski definition) is 2. The van der Waals surface area contributed by atoms with Gasteiger partial charge in [-0.2, -0.15) is 0 Å². The normalized spacial score (nSPS) is 32.8. The first-order valence-electron chi connectivity index (χ1n) is 5.92. The summed E-state index contributed by atoms with van der Waals surface area (Å²) >= 11 is 0. The molecular formula is C14H14O2. The Hall–Kier alpha value is -1.44. The zero-order chi connectivity index (χ0) is 11.1. The van der Waals surface area contributed by atoms with Gasteiger partial charge < -0.3 is 0 Å². The lowest BCUT2D eigenvalue weighted by Gasteiger charge is -2.34. The van der Waals surface area contributed by atoms with Gasteiger partial charge in [-0.05, 0) is 37.8 Å². The van der Waals surface area contributed by atoms with Gasteiger partial charge in [-0.3, -0.25) is 9.59 Å². The topological polar surface area (TPSA) is 34.1 Å². The van der Waals surface area contributed by atoms with E-state index < -0.39 is 0 Å². The van der Waals surface area contributed by atoms with Crippen LogP contribution in [0, 0.1) is 11.8 Å². The molecule has 2 heteroatoms. The van der Waals surface area contributed by atoms with Gasteiger partial charge in [0.25, 0.3) is 0 Å². The minimum absolute atomic E-state index is 0.0225. The fourth-order valence-corrected chi connectivity index (χ4v) is 3.13. The third kappa shape index (κ3) is 1.33. The fraction of sp³-hybridized carbons (Fsp3) is 0.429. The number of allylic oxidation sites excluding steroid dienone is 6. The summed E-state index contributed by atoms with van der Waals surface area (Å²) in [6.45, 7) is 0. The van der Waals surface area contributed by atoms with Crippen molar-refractivity contribution in [2.75, 3.05) is 0 Å². The van der Waals surface area contributed by atoms with Gasteiger partial charge in [0, 0.05) is 17.4 Å². The van der Waals surface area contributed by atoms with E-state index in [1.807, 2.05) is 6.08 Å². The minimum Gasteiger partial charge on any atom is -0.295 e. The number of carbonyl (C=O) groups is 2. The Kier molecular flexibility index (Phi) is 2.16. The Balaban J connectivity index is 2.14. The summed E-state index contributed by atoms with van der Waals surface area (Å²) in [7, 11) is 0. The first-order valence-corrected chi connectivity index (χ1v) is 5.92. The van der Waals surface area contributed by atoms with Gasteiger partial charge in [-0.1, -0.05) is 17.7 Å². The second kappa shape index (κ2) is 3.55. The Morgan fingerprint density at radius 3 is 2.81 bits per heavy atom. The monoisotopic (exact) mass is 214 g/mol. The van der Waals surface area contributed by atoms with Crippen LogP contribution < -0.4 is 0 Å². The zero-order valence-electron chi connectivity index (χ0n) is 9.11. The van der Waals surface area contributed by atoms with Crippen LogP contribution in [0.15, 0.2) is 35.5 Å². The molecule has 82 valence electrons. The zero-order valence-corrected chi connectivity index (χ0v) is 9.11. The van der Waals surface area contributed by atoms with Crippen molar-refractivity contribution < 1.29 is 9.59 Å². The molecule has 0 amide bonds. The van der Waals surface area contributed by atoms with Crippen LogP contribution in [-0.4, -0.2) is 11.6 Å². The molecular weight excluding hydrogens is 200 g/mol. The molecule has 2 atom stereocenters. The predicted octanol–water partition coefficient (Wildman–Crippen LogP) is 2.37. The van der Waals surface area contributed by atoms with E-state index in [1.54, 1.807) is 0 Å². The highest BCUT2D eigenvalue weighted by molar-refractivity contribution is 6.11. The lowest BCUT2D eigenvalue weighted by atomic mass is 9.69. The summed E-state index contributed by atoms with van der Waals surface area (Å²) in [6, 6.07) is 0. The highest BCUT2D eigenvalue weighted by Crippen LogP contribution is 2.43. The Labute approximate surface area is 94.7 Å². The maximum atomic E-state index is 11.9. The second-order valence-electron chi connectivity index (χ2n) is 4.74. The second-order valence-corrected chi connectivity index (χ2v) is 4.74. The Bertz CT molecular complexity index is 451. The molecule has 0 aromatic heterocycles. The van der Waals surface area contributed by atoms with Crippen molar-refractivity contribution in [3.8, 4) is 0 Å². The van der Waals surface area contributed by atoms with Gasteiger partial charge in [0.05, 0.1) is 0 Å². The summed E-state index contributed by atoms with van der Waals surface area (Å²) in [6.07, 6.45) is 11.0. The van der Waals surface area contributed by atoms with Crippen molar-refractivity contribution in [2.45, 2.75) is 25.7 Å². The van der Waals surface area contributed by atoms with Crippen molar-refractivity contribution in [2.24, 2.45) is 11.8 Å². The van der Waals surface area contributed by atoms with Gasteiger partial charge in [-0.15, -0.1) is 0 Å². The Morgan fingerprint density at radius 2 is 1.94 bits per heavy atom. The van der Waals surface area contributed by atoms with Crippen LogP contribution >= 0.6 is 0 Å². The van der Waals surface area contributed by atoms with Gasteiger partial charge in [0.15, 0.2) is 11.6 Å². The van der Waals surface area contributed by atoms with Crippen molar-refractivity contribution in [3.63, 3.8) is 0 Å². The average Bonchev–Trinajstić information content (AvgIpc) is 2.44. The van der Waals surface area contributed by atoms with Crippen LogP contribution in [0.25, 0.3) is 0 Å². The standard InChI is InChI=1S/C14H14O2/c15-12-7-8-13(16)11-6-2-4-9-3-1-5-10(12)14(9)11/h3,6-8,10,14H,1-2,4-5H2. The molecule has 0 aliphatic heterocycles. The quantitative estimate of drug-likeness (QED) is 0.580. The van der Waals surface area contributed by atoms with E-state index in [0.717, 1.165) is 31.3 Å². The van der Waals surface area contributed by atoms with Gasteiger partial charge >= 0.3 is 0 Å².